The van der Waals surface area contributed by atoms with Gasteiger partial charge in [0.1, 0.15) is 21.4 Å². The van der Waals surface area contributed by atoms with Crippen LogP contribution >= 0.6 is 0 Å². The van der Waals surface area contributed by atoms with Gasteiger partial charge in [-0.3, -0.25) is 0 Å². The van der Waals surface area contributed by atoms with Crippen molar-refractivity contribution in [3.8, 4) is 5.75 Å². The number of alkyl halides is 3. The number of hydrogen-bond donors (Lipinski definition) is 0. The van der Waals surface area contributed by atoms with Crippen LogP contribution in [0.25, 0.3) is 0 Å². The van der Waals surface area contributed by atoms with Crippen molar-refractivity contribution in [2.24, 2.45) is 5.10 Å². The number of ether oxygens (including phenoxy) is 1. The molecule has 0 amide bonds. The smallest absolute Gasteiger partial charge is 0.453 e. The van der Waals surface area contributed by atoms with Crippen molar-refractivity contribution >= 4 is 21.4 Å². The van der Waals surface area contributed by atoms with E-state index < -0.39 is 21.8 Å². The Bertz CT molecular complexity index is 1290. The van der Waals surface area contributed by atoms with Gasteiger partial charge in [-0.1, -0.05) is 0 Å². The highest BCUT2D eigenvalue weighted by atomic mass is 32.2. The topological polar surface area (TPSA) is 96.2 Å². The lowest BCUT2D eigenvalue weighted by Crippen LogP contribution is -2.49. The number of halogens is 3. The largest absolute Gasteiger partial charge is 0.494 e. The van der Waals surface area contributed by atoms with Gasteiger partial charge in [0.2, 0.25) is 0 Å². The van der Waals surface area contributed by atoms with Crippen LogP contribution in [-0.4, -0.2) is 103 Å². The second-order valence-electron chi connectivity index (χ2n) is 10.7. The van der Waals surface area contributed by atoms with E-state index in [0.29, 0.717) is 44.8 Å². The number of anilines is 1. The predicted octanol–water partition coefficient (Wildman–Crippen LogP) is 2.89. The number of rotatable bonds is 7. The Hall–Kier alpha value is -2.87. The van der Waals surface area contributed by atoms with Crippen molar-refractivity contribution in [1.29, 1.82) is 0 Å². The first-order chi connectivity index (χ1) is 19.1. The minimum atomic E-state index is -4.59. The number of benzene rings is 1. The van der Waals surface area contributed by atoms with Crippen molar-refractivity contribution in [2.45, 2.75) is 50.0 Å². The molecule has 0 radical (unpaired) electrons. The molecule has 10 nitrogen and oxygen atoms in total. The third-order valence-corrected chi connectivity index (χ3v) is 9.54. The number of nitrogens with zero attached hydrogens (tertiary/aromatic N) is 7. The average molecular weight is 584 g/mol. The van der Waals surface area contributed by atoms with Gasteiger partial charge in [0.05, 0.1) is 11.9 Å². The van der Waals surface area contributed by atoms with Crippen LogP contribution in [0.2, 0.25) is 0 Å². The number of amidine groups is 1. The molecule has 1 unspecified atom stereocenters. The highest BCUT2D eigenvalue weighted by Gasteiger charge is 2.40. The summed E-state index contributed by atoms with van der Waals surface area (Å²) in [5.41, 5.74) is 1.07. The molecule has 0 saturated carbocycles. The van der Waals surface area contributed by atoms with Crippen LogP contribution < -0.4 is 9.64 Å². The molecule has 1 aromatic carbocycles. The van der Waals surface area contributed by atoms with Crippen LogP contribution in [0.1, 0.15) is 43.8 Å². The molecule has 2 fully saturated rings. The molecule has 1 aromatic heterocycles. The van der Waals surface area contributed by atoms with Crippen molar-refractivity contribution in [2.75, 3.05) is 63.6 Å². The number of hydrogen-bond acceptors (Lipinski definition) is 9. The fourth-order valence-electron chi connectivity index (χ4n) is 5.59. The summed E-state index contributed by atoms with van der Waals surface area (Å²) in [4.78, 5) is 6.62. The molecule has 1 atom stereocenters. The van der Waals surface area contributed by atoms with Crippen molar-refractivity contribution in [3.05, 3.63) is 35.9 Å². The maximum absolute atomic E-state index is 13.2. The first-order valence-corrected chi connectivity index (χ1v) is 15.8. The maximum Gasteiger partial charge on any atom is 0.453 e. The zero-order valence-corrected chi connectivity index (χ0v) is 23.5. The number of sulfone groups is 1. The van der Waals surface area contributed by atoms with E-state index in [1.165, 1.54) is 6.26 Å². The third-order valence-electron chi connectivity index (χ3n) is 7.85. The van der Waals surface area contributed by atoms with Crippen LogP contribution in [0.15, 0.2) is 29.4 Å². The summed E-state index contributed by atoms with van der Waals surface area (Å²) in [7, 11) is -2.97. The van der Waals surface area contributed by atoms with Crippen LogP contribution in [0, 0.1) is 0 Å². The van der Waals surface area contributed by atoms with Gasteiger partial charge in [0, 0.05) is 57.5 Å². The van der Waals surface area contributed by atoms with Gasteiger partial charge in [-0.2, -0.15) is 22.9 Å². The highest BCUT2D eigenvalue weighted by molar-refractivity contribution is 7.91. The number of aryl methyl sites for hydroxylation is 1. The molecule has 0 aliphatic carbocycles. The van der Waals surface area contributed by atoms with E-state index in [1.54, 1.807) is 0 Å². The van der Waals surface area contributed by atoms with Crippen LogP contribution in [0.5, 0.6) is 5.75 Å². The van der Waals surface area contributed by atoms with E-state index in [0.717, 1.165) is 68.1 Å². The maximum atomic E-state index is 13.2. The number of piperazine rings is 1. The minimum absolute atomic E-state index is 0.217. The predicted molar refractivity (Wildman–Crippen MR) is 145 cm³/mol. The van der Waals surface area contributed by atoms with Gasteiger partial charge in [0.15, 0.2) is 5.82 Å². The standard InChI is InChI=1S/C26H36F3N7O3S/c1-40(37,38)22-4-2-12-33(14-11-22)13-3-19-39-21-7-5-20(6-8-21)34-15-17-35(18-16-34)24-10-9-23-30-31-25(26(27,28)29)36(23)32-24/h5-8,22H,2-4,9-19H2,1H3. The van der Waals surface area contributed by atoms with Crippen molar-refractivity contribution in [3.63, 3.8) is 0 Å². The van der Waals surface area contributed by atoms with Crippen LogP contribution in [0.3, 0.4) is 0 Å². The summed E-state index contributed by atoms with van der Waals surface area (Å²) < 4.78 is 70.2. The Morgan fingerprint density at radius 1 is 0.950 bits per heavy atom. The Kier molecular flexibility index (Phi) is 8.55. The minimum Gasteiger partial charge on any atom is -0.494 e. The van der Waals surface area contributed by atoms with E-state index in [4.69, 9.17) is 4.74 Å². The summed E-state index contributed by atoms with van der Waals surface area (Å²) >= 11 is 0. The second-order valence-corrected chi connectivity index (χ2v) is 13.0. The van der Waals surface area contributed by atoms with Crippen molar-refractivity contribution in [1.82, 2.24) is 24.7 Å². The van der Waals surface area contributed by atoms with Gasteiger partial charge in [0.25, 0.3) is 5.82 Å². The SMILES string of the molecule is CS(=O)(=O)C1CCCN(CCCOc2ccc(N3CCN(C4=Nn5c(nnc5C(F)(F)F)CC4)CC3)cc2)CC1. The van der Waals surface area contributed by atoms with Crippen molar-refractivity contribution < 1.29 is 26.3 Å². The van der Waals surface area contributed by atoms with Gasteiger partial charge >= 0.3 is 6.18 Å². The molecular weight excluding hydrogens is 547 g/mol. The molecule has 3 aliphatic rings. The molecular formula is C26H36F3N7O3S. The zero-order valence-electron chi connectivity index (χ0n) is 22.7. The Morgan fingerprint density at radius 2 is 1.68 bits per heavy atom. The first-order valence-electron chi connectivity index (χ1n) is 13.8. The lowest BCUT2D eigenvalue weighted by atomic mass is 10.2. The lowest BCUT2D eigenvalue weighted by Gasteiger charge is -2.38. The number of aromatic nitrogens is 3. The summed E-state index contributed by atoms with van der Waals surface area (Å²) in [5, 5.41) is 11.0. The summed E-state index contributed by atoms with van der Waals surface area (Å²) in [6, 6.07) is 7.98. The molecule has 0 bridgehead atoms. The van der Waals surface area contributed by atoms with Gasteiger partial charge < -0.3 is 19.4 Å². The fourth-order valence-corrected chi connectivity index (χ4v) is 6.72. The Balaban J connectivity index is 1.06. The van der Waals surface area contributed by atoms with E-state index in [-0.39, 0.29) is 11.1 Å². The molecule has 5 rings (SSSR count). The normalized spacial score (nSPS) is 21.1. The van der Waals surface area contributed by atoms with Gasteiger partial charge in [-0.05, 0) is 63.0 Å². The molecule has 40 heavy (non-hydrogen) atoms. The zero-order chi connectivity index (χ0) is 28.3. The molecule has 14 heteroatoms. The second kappa shape index (κ2) is 11.9. The quantitative estimate of drug-likeness (QED) is 0.460. The third kappa shape index (κ3) is 6.88. The monoisotopic (exact) mass is 583 g/mol. The average Bonchev–Trinajstić information content (AvgIpc) is 3.21. The summed E-state index contributed by atoms with van der Waals surface area (Å²) in [6.07, 6.45) is 0.895. The lowest BCUT2D eigenvalue weighted by molar-refractivity contribution is -0.147. The van der Waals surface area contributed by atoms with E-state index >= 15 is 0 Å². The van der Waals surface area contributed by atoms with Crippen LogP contribution in [0.4, 0.5) is 18.9 Å². The van der Waals surface area contributed by atoms with Gasteiger partial charge in [-0.15, -0.1) is 10.2 Å². The molecule has 2 aromatic rings. The van der Waals surface area contributed by atoms with E-state index in [2.05, 4.69) is 25.1 Å². The van der Waals surface area contributed by atoms with Crippen LogP contribution in [-0.2, 0) is 22.4 Å². The molecule has 0 spiro atoms. The Morgan fingerprint density at radius 3 is 2.38 bits per heavy atom. The fraction of sp³-hybridized carbons (Fsp3) is 0.654. The molecule has 4 heterocycles. The number of likely N-dealkylation sites (tertiary alicyclic amines) is 1. The summed E-state index contributed by atoms with van der Waals surface area (Å²) in [5.74, 6) is 0.598. The first kappa shape index (κ1) is 28.7. The highest BCUT2D eigenvalue weighted by Crippen LogP contribution is 2.30. The molecule has 2 saturated heterocycles. The van der Waals surface area contributed by atoms with Gasteiger partial charge in [-0.25, -0.2) is 8.42 Å². The number of fused-ring (bicyclic) bond motifs is 1. The molecule has 3 aliphatic heterocycles. The summed E-state index contributed by atoms with van der Waals surface area (Å²) in [6.45, 7) is 6.01. The van der Waals surface area contributed by atoms with E-state index in [1.807, 2.05) is 29.2 Å². The Labute approximate surface area is 232 Å². The molecule has 220 valence electrons. The van der Waals surface area contributed by atoms with E-state index in [9.17, 15) is 21.6 Å². The molecule has 0 N–H and O–H groups in total.